The minimum Gasteiger partial charge on any atom is -0.343 e. The zero-order valence-corrected chi connectivity index (χ0v) is 15.4. The van der Waals surface area contributed by atoms with E-state index < -0.39 is 11.2 Å². The maximum absolute atomic E-state index is 12.4. The lowest BCUT2D eigenvalue weighted by atomic mass is 9.95. The van der Waals surface area contributed by atoms with Crippen molar-refractivity contribution in [3.05, 3.63) is 16.8 Å². The monoisotopic (exact) mass is 382 g/mol. The molecular weight excluding hydrogens is 367 g/mol. The first-order valence-electron chi connectivity index (χ1n) is 8.17. The summed E-state index contributed by atoms with van der Waals surface area (Å²) in [6, 6.07) is -0.109. The summed E-state index contributed by atoms with van der Waals surface area (Å²) in [5.74, 6) is -0.461. The zero-order valence-electron chi connectivity index (χ0n) is 13.9. The second kappa shape index (κ2) is 4.71. The minimum atomic E-state index is -0.732. The summed E-state index contributed by atoms with van der Waals surface area (Å²) < 4.78 is 14.2. The van der Waals surface area contributed by atoms with E-state index in [1.807, 2.05) is 18.4 Å². The molecule has 1 unspecified atom stereocenters. The third-order valence-corrected chi connectivity index (χ3v) is 6.21. The Morgan fingerprint density at radius 3 is 2.80 bits per heavy atom. The molecule has 132 valence electrons. The number of Topliss-reactive ketones (excluding diaryl/α,β-unsaturated/α-hetero) is 1. The number of fused-ring (bicyclic) bond motifs is 4. The first-order valence-corrected chi connectivity index (χ1v) is 8.92. The smallest absolute Gasteiger partial charge is 0.225 e. The molecule has 0 N–H and O–H groups in total. The van der Waals surface area contributed by atoms with Gasteiger partial charge in [0, 0.05) is 0 Å². The average Bonchev–Trinajstić information content (AvgIpc) is 2.83. The van der Waals surface area contributed by atoms with Crippen LogP contribution in [0.5, 0.6) is 0 Å². The lowest BCUT2D eigenvalue weighted by Gasteiger charge is -2.24. The summed E-state index contributed by atoms with van der Waals surface area (Å²) in [5.41, 5.74) is 0.551. The molecule has 0 amide bonds. The Balaban J connectivity index is 1.67. The Hall–Kier alpha value is -1.28. The number of hydrogen-bond acceptors (Lipinski definition) is 6. The molecule has 0 bridgehead atoms. The van der Waals surface area contributed by atoms with Gasteiger partial charge < -0.3 is 14.0 Å². The zero-order chi connectivity index (χ0) is 17.7. The minimum absolute atomic E-state index is 0.0614. The van der Waals surface area contributed by atoms with E-state index in [4.69, 9.17) is 32.7 Å². The topological polar surface area (TPSA) is 79.1 Å². The van der Waals surface area contributed by atoms with Gasteiger partial charge in [0.25, 0.3) is 0 Å². The Kier molecular flexibility index (Phi) is 3.00. The van der Waals surface area contributed by atoms with E-state index in [0.717, 1.165) is 6.42 Å². The first-order chi connectivity index (χ1) is 11.7. The molecule has 2 aliphatic carbocycles. The van der Waals surface area contributed by atoms with E-state index in [1.54, 1.807) is 13.3 Å². The molecule has 3 fully saturated rings. The number of hydrogen-bond donors (Lipinski definition) is 0. The average molecular weight is 383 g/mol. The Morgan fingerprint density at radius 1 is 1.32 bits per heavy atom. The number of carbonyl (C=O) groups is 1. The van der Waals surface area contributed by atoms with Crippen LogP contribution in [0.3, 0.4) is 0 Å². The number of nitrogens with zero attached hydrogens (tertiary/aromatic N) is 4. The highest BCUT2D eigenvalue weighted by Gasteiger charge is 2.78. The second-order valence-corrected chi connectivity index (χ2v) is 8.22. The van der Waals surface area contributed by atoms with Gasteiger partial charge in [-0.15, -0.1) is 0 Å². The molecule has 3 aliphatic rings. The van der Waals surface area contributed by atoms with Gasteiger partial charge in [0.15, 0.2) is 16.6 Å². The van der Waals surface area contributed by atoms with E-state index in [1.165, 1.54) is 0 Å². The lowest BCUT2D eigenvalue weighted by Crippen LogP contribution is -2.34. The van der Waals surface area contributed by atoms with Crippen molar-refractivity contribution in [3.63, 3.8) is 0 Å². The molecule has 2 saturated carbocycles. The van der Waals surface area contributed by atoms with Gasteiger partial charge >= 0.3 is 0 Å². The molecule has 0 spiro atoms. The van der Waals surface area contributed by atoms with Gasteiger partial charge in [-0.1, -0.05) is 11.6 Å². The number of halogens is 2. The van der Waals surface area contributed by atoms with Crippen molar-refractivity contribution in [2.24, 2.45) is 11.3 Å². The highest BCUT2D eigenvalue weighted by molar-refractivity contribution is 6.35. The fraction of sp³-hybridized carbons (Fsp3) is 0.625. The van der Waals surface area contributed by atoms with Gasteiger partial charge in [0.2, 0.25) is 5.28 Å². The largest absolute Gasteiger partial charge is 0.343 e. The van der Waals surface area contributed by atoms with E-state index in [9.17, 15) is 4.79 Å². The van der Waals surface area contributed by atoms with Gasteiger partial charge in [-0.05, 0) is 44.7 Å². The molecule has 2 aromatic rings. The lowest BCUT2D eigenvalue weighted by molar-refractivity contribution is -0.163. The molecule has 0 aromatic carbocycles. The van der Waals surface area contributed by atoms with E-state index in [-0.39, 0.29) is 40.4 Å². The van der Waals surface area contributed by atoms with Gasteiger partial charge in [-0.25, -0.2) is 9.97 Å². The summed E-state index contributed by atoms with van der Waals surface area (Å²) >= 11 is 12.1. The van der Waals surface area contributed by atoms with Crippen LogP contribution in [0.1, 0.15) is 33.2 Å². The number of carbonyl (C=O) groups excluding carboxylic acids is 1. The van der Waals surface area contributed by atoms with Crippen molar-refractivity contribution in [3.8, 4) is 0 Å². The van der Waals surface area contributed by atoms with Crippen LogP contribution in [-0.2, 0) is 14.3 Å². The maximum atomic E-state index is 12.4. The SMILES string of the molecule is CC(=O)[C@@]12C[C@@H]1[C@@H](n1cnc3c(Cl)nc(Cl)nc31)[C@H]1OC(C)(C)OC12. The predicted octanol–water partition coefficient (Wildman–Crippen LogP) is 2.80. The third-order valence-electron chi connectivity index (χ3n) is 5.77. The van der Waals surface area contributed by atoms with Gasteiger partial charge in [-0.3, -0.25) is 4.79 Å². The van der Waals surface area contributed by atoms with Crippen LogP contribution < -0.4 is 0 Å². The van der Waals surface area contributed by atoms with E-state index in [0.29, 0.717) is 11.2 Å². The van der Waals surface area contributed by atoms with Crippen molar-refractivity contribution in [2.75, 3.05) is 0 Å². The fourth-order valence-corrected chi connectivity index (χ4v) is 5.18. The van der Waals surface area contributed by atoms with Crippen LogP contribution in [0.2, 0.25) is 10.4 Å². The van der Waals surface area contributed by atoms with Crippen molar-refractivity contribution in [1.29, 1.82) is 0 Å². The molecule has 0 radical (unpaired) electrons. The molecule has 5 rings (SSSR count). The molecule has 25 heavy (non-hydrogen) atoms. The van der Waals surface area contributed by atoms with Crippen molar-refractivity contribution < 1.29 is 14.3 Å². The molecule has 1 aliphatic heterocycles. The van der Waals surface area contributed by atoms with Crippen LogP contribution >= 0.6 is 23.2 Å². The predicted molar refractivity (Wildman–Crippen MR) is 89.4 cm³/mol. The van der Waals surface area contributed by atoms with E-state index >= 15 is 0 Å². The van der Waals surface area contributed by atoms with Crippen molar-refractivity contribution in [1.82, 2.24) is 19.5 Å². The molecular formula is C16H16Cl2N4O3. The molecule has 9 heteroatoms. The van der Waals surface area contributed by atoms with Crippen LogP contribution in [0.15, 0.2) is 6.33 Å². The third kappa shape index (κ3) is 1.95. The number of imidazole rings is 1. The van der Waals surface area contributed by atoms with Gasteiger partial charge in [0.1, 0.15) is 23.5 Å². The molecule has 2 aromatic heterocycles. The maximum Gasteiger partial charge on any atom is 0.225 e. The normalized spacial score (nSPS) is 38.0. The summed E-state index contributed by atoms with van der Waals surface area (Å²) in [6.45, 7) is 5.38. The number of ketones is 1. The van der Waals surface area contributed by atoms with Crippen LogP contribution in [-0.4, -0.2) is 43.3 Å². The Labute approximate surface area is 153 Å². The van der Waals surface area contributed by atoms with Crippen molar-refractivity contribution in [2.45, 2.75) is 51.2 Å². The number of rotatable bonds is 2. The molecule has 7 nitrogen and oxygen atoms in total. The number of ether oxygens (including phenoxy) is 2. The molecule has 3 heterocycles. The van der Waals surface area contributed by atoms with Crippen LogP contribution in [0.4, 0.5) is 0 Å². The molecule has 5 atom stereocenters. The van der Waals surface area contributed by atoms with E-state index in [2.05, 4.69) is 15.0 Å². The van der Waals surface area contributed by atoms with Crippen LogP contribution in [0, 0.1) is 11.3 Å². The standard InChI is InChI=1S/C16H16Cl2N4O3/c1-6(23)16-4-7(16)9(10-11(16)25-15(2,3)24-10)22-5-19-8-12(17)20-14(18)21-13(8)22/h5,7,9-11H,4H2,1-3H3/t7-,9-,10-,11?,16+/m1/s1. The molecule has 1 saturated heterocycles. The first kappa shape index (κ1) is 15.9. The Morgan fingerprint density at radius 2 is 2.08 bits per heavy atom. The van der Waals surface area contributed by atoms with Crippen LogP contribution in [0.25, 0.3) is 11.2 Å². The van der Waals surface area contributed by atoms with Gasteiger partial charge in [-0.2, -0.15) is 4.98 Å². The quantitative estimate of drug-likeness (QED) is 0.586. The summed E-state index contributed by atoms with van der Waals surface area (Å²) in [6.07, 6.45) is 1.94. The summed E-state index contributed by atoms with van der Waals surface area (Å²) in [7, 11) is 0. The fourth-order valence-electron chi connectivity index (χ4n) is 4.76. The van der Waals surface area contributed by atoms with Crippen molar-refractivity contribution >= 4 is 40.1 Å². The number of aromatic nitrogens is 4. The highest BCUT2D eigenvalue weighted by Crippen LogP contribution is 2.71. The van der Waals surface area contributed by atoms with Gasteiger partial charge in [0.05, 0.1) is 17.8 Å². The highest BCUT2D eigenvalue weighted by atomic mass is 35.5. The second-order valence-electron chi connectivity index (χ2n) is 7.53. The summed E-state index contributed by atoms with van der Waals surface area (Å²) in [4.78, 5) is 25.0. The Bertz CT molecular complexity index is 929. The summed E-state index contributed by atoms with van der Waals surface area (Å²) in [5, 5.41) is 0.271.